The number of nitrogens with zero attached hydrogens (tertiary/aromatic N) is 1. The summed E-state index contributed by atoms with van der Waals surface area (Å²) in [6, 6.07) is 5.06. The second-order valence-corrected chi connectivity index (χ2v) is 5.70. The highest BCUT2D eigenvalue weighted by atomic mass is 79.9. The van der Waals surface area contributed by atoms with Crippen molar-refractivity contribution in [1.82, 2.24) is 10.6 Å². The van der Waals surface area contributed by atoms with Crippen LogP contribution in [0.1, 0.15) is 12.5 Å². The number of rotatable bonds is 6. The molecule has 0 saturated heterocycles. The van der Waals surface area contributed by atoms with E-state index in [1.54, 1.807) is 17.8 Å². The molecule has 0 aliphatic heterocycles. The Hall–Kier alpha value is -0.750. The fourth-order valence-corrected chi connectivity index (χ4v) is 1.97. The third kappa shape index (κ3) is 6.29. The van der Waals surface area contributed by atoms with Crippen LogP contribution in [0.15, 0.2) is 27.7 Å². The molecule has 1 rings (SSSR count). The maximum atomic E-state index is 13.4. The van der Waals surface area contributed by atoms with Gasteiger partial charge in [0.05, 0.1) is 11.0 Å². The minimum atomic E-state index is -0.256. The molecule has 1 aromatic rings. The number of hydrogen-bond donors (Lipinski definition) is 2. The van der Waals surface area contributed by atoms with Crippen molar-refractivity contribution in [1.29, 1.82) is 0 Å². The monoisotopic (exact) mass is 347 g/mol. The van der Waals surface area contributed by atoms with Gasteiger partial charge in [0.15, 0.2) is 5.96 Å². The van der Waals surface area contributed by atoms with Crippen molar-refractivity contribution in [3.8, 4) is 0 Å². The van der Waals surface area contributed by atoms with Gasteiger partial charge >= 0.3 is 0 Å². The Bertz CT molecular complexity index is 426. The van der Waals surface area contributed by atoms with E-state index in [0.717, 1.165) is 30.4 Å². The highest BCUT2D eigenvalue weighted by molar-refractivity contribution is 9.10. The van der Waals surface area contributed by atoms with E-state index in [2.05, 4.69) is 37.8 Å². The van der Waals surface area contributed by atoms with Crippen molar-refractivity contribution in [3.05, 3.63) is 34.1 Å². The third-order valence-electron chi connectivity index (χ3n) is 2.35. The molecule has 106 valence electrons. The van der Waals surface area contributed by atoms with Gasteiger partial charge in [0.25, 0.3) is 0 Å². The molecule has 3 nitrogen and oxygen atoms in total. The molecule has 0 saturated carbocycles. The summed E-state index contributed by atoms with van der Waals surface area (Å²) in [7, 11) is 0. The molecule has 0 fully saturated rings. The molecule has 0 aliphatic rings. The standard InChI is InChI=1S/C13H19BrFN3S/c1-3-16-13(17-6-7-19-2)18-9-10-4-5-11(14)12(15)8-10/h4-5,8H,3,6-7,9H2,1-2H3,(H2,16,17,18). The van der Waals surface area contributed by atoms with Gasteiger partial charge in [-0.2, -0.15) is 11.8 Å². The zero-order chi connectivity index (χ0) is 14.1. The first kappa shape index (κ1) is 16.3. The maximum Gasteiger partial charge on any atom is 0.191 e. The minimum Gasteiger partial charge on any atom is -0.357 e. The van der Waals surface area contributed by atoms with E-state index in [4.69, 9.17) is 0 Å². The molecule has 0 heterocycles. The summed E-state index contributed by atoms with van der Waals surface area (Å²) in [6.07, 6.45) is 2.07. The van der Waals surface area contributed by atoms with Gasteiger partial charge in [-0.25, -0.2) is 9.38 Å². The highest BCUT2D eigenvalue weighted by Gasteiger charge is 2.01. The zero-order valence-electron chi connectivity index (χ0n) is 11.2. The maximum absolute atomic E-state index is 13.4. The van der Waals surface area contributed by atoms with Crippen LogP contribution in [0.4, 0.5) is 4.39 Å². The number of hydrogen-bond acceptors (Lipinski definition) is 2. The van der Waals surface area contributed by atoms with Gasteiger partial charge in [-0.05, 0) is 46.8 Å². The second kappa shape index (κ2) is 9.20. The van der Waals surface area contributed by atoms with Gasteiger partial charge in [0.1, 0.15) is 5.82 Å². The van der Waals surface area contributed by atoms with E-state index in [9.17, 15) is 4.39 Å². The molecule has 0 aliphatic carbocycles. The molecule has 6 heteroatoms. The molecule has 0 radical (unpaired) electrons. The Labute approximate surface area is 126 Å². The van der Waals surface area contributed by atoms with E-state index >= 15 is 0 Å². The number of halogens is 2. The first-order valence-electron chi connectivity index (χ1n) is 6.12. The predicted octanol–water partition coefficient (Wildman–Crippen LogP) is 3.01. The number of aliphatic imine (C=N–C) groups is 1. The summed E-state index contributed by atoms with van der Waals surface area (Å²) in [5.74, 6) is 1.53. The fraction of sp³-hybridized carbons (Fsp3) is 0.462. The molecule has 0 atom stereocenters. The topological polar surface area (TPSA) is 36.4 Å². The summed E-state index contributed by atoms with van der Waals surface area (Å²) in [4.78, 5) is 4.43. The SMILES string of the molecule is CCNC(=NCc1ccc(Br)c(F)c1)NCCSC. The van der Waals surface area contributed by atoms with Crippen molar-refractivity contribution in [2.24, 2.45) is 4.99 Å². The van der Waals surface area contributed by atoms with Crippen molar-refractivity contribution in [2.75, 3.05) is 25.1 Å². The zero-order valence-corrected chi connectivity index (χ0v) is 13.6. The number of guanidine groups is 1. The molecule has 19 heavy (non-hydrogen) atoms. The van der Waals surface area contributed by atoms with E-state index in [-0.39, 0.29) is 5.82 Å². The number of benzene rings is 1. The smallest absolute Gasteiger partial charge is 0.191 e. The average molecular weight is 348 g/mol. The Morgan fingerprint density at radius 1 is 1.42 bits per heavy atom. The van der Waals surface area contributed by atoms with E-state index < -0.39 is 0 Å². The quantitative estimate of drug-likeness (QED) is 0.471. The lowest BCUT2D eigenvalue weighted by molar-refractivity contribution is 0.618. The van der Waals surface area contributed by atoms with Gasteiger partial charge in [-0.1, -0.05) is 6.07 Å². The van der Waals surface area contributed by atoms with Crippen molar-refractivity contribution >= 4 is 33.7 Å². The fourth-order valence-electron chi connectivity index (χ4n) is 1.42. The van der Waals surface area contributed by atoms with Crippen LogP contribution in [-0.4, -0.2) is 31.1 Å². The molecule has 0 unspecified atom stereocenters. The lowest BCUT2D eigenvalue weighted by Gasteiger charge is -2.10. The van der Waals surface area contributed by atoms with Crippen LogP contribution in [0.2, 0.25) is 0 Å². The summed E-state index contributed by atoms with van der Waals surface area (Å²) in [5, 5.41) is 6.40. The normalized spacial score (nSPS) is 11.5. The van der Waals surface area contributed by atoms with E-state index in [0.29, 0.717) is 11.0 Å². The summed E-state index contributed by atoms with van der Waals surface area (Å²) >= 11 is 4.92. The van der Waals surface area contributed by atoms with Crippen LogP contribution < -0.4 is 10.6 Å². The van der Waals surface area contributed by atoms with Gasteiger partial charge < -0.3 is 10.6 Å². The minimum absolute atomic E-state index is 0.256. The van der Waals surface area contributed by atoms with E-state index in [1.165, 1.54) is 6.07 Å². The summed E-state index contributed by atoms with van der Waals surface area (Å²) in [6.45, 7) is 4.14. The van der Waals surface area contributed by atoms with Crippen molar-refractivity contribution in [3.63, 3.8) is 0 Å². The third-order valence-corrected chi connectivity index (χ3v) is 3.60. The van der Waals surface area contributed by atoms with Gasteiger partial charge in [-0.3, -0.25) is 0 Å². The largest absolute Gasteiger partial charge is 0.357 e. The van der Waals surface area contributed by atoms with Crippen molar-refractivity contribution < 1.29 is 4.39 Å². The first-order valence-corrected chi connectivity index (χ1v) is 8.31. The van der Waals surface area contributed by atoms with Crippen LogP contribution in [0.5, 0.6) is 0 Å². The predicted molar refractivity (Wildman–Crippen MR) is 85.3 cm³/mol. The first-order chi connectivity index (χ1) is 9.17. The molecule has 2 N–H and O–H groups in total. The van der Waals surface area contributed by atoms with Crippen LogP contribution in [0.25, 0.3) is 0 Å². The molecular formula is C13H19BrFN3S. The second-order valence-electron chi connectivity index (χ2n) is 3.86. The van der Waals surface area contributed by atoms with Crippen LogP contribution >= 0.6 is 27.7 Å². The van der Waals surface area contributed by atoms with Gasteiger partial charge in [-0.15, -0.1) is 0 Å². The Kier molecular flexibility index (Phi) is 7.90. The molecule has 0 spiro atoms. The summed E-state index contributed by atoms with van der Waals surface area (Å²) in [5.41, 5.74) is 0.850. The summed E-state index contributed by atoms with van der Waals surface area (Å²) < 4.78 is 13.8. The lowest BCUT2D eigenvalue weighted by atomic mass is 10.2. The molecule has 0 aromatic heterocycles. The lowest BCUT2D eigenvalue weighted by Crippen LogP contribution is -2.38. The molecule has 0 amide bonds. The Morgan fingerprint density at radius 2 is 2.21 bits per heavy atom. The Morgan fingerprint density at radius 3 is 2.84 bits per heavy atom. The van der Waals surface area contributed by atoms with Crippen LogP contribution in [0.3, 0.4) is 0 Å². The van der Waals surface area contributed by atoms with Crippen LogP contribution in [0, 0.1) is 5.82 Å². The van der Waals surface area contributed by atoms with E-state index in [1.807, 2.05) is 13.0 Å². The van der Waals surface area contributed by atoms with Crippen molar-refractivity contribution in [2.45, 2.75) is 13.5 Å². The van der Waals surface area contributed by atoms with Gasteiger partial charge in [0.2, 0.25) is 0 Å². The Balaban J connectivity index is 2.60. The molecule has 1 aromatic carbocycles. The van der Waals surface area contributed by atoms with Crippen LogP contribution in [-0.2, 0) is 6.54 Å². The average Bonchev–Trinajstić information content (AvgIpc) is 2.40. The number of thioether (sulfide) groups is 1. The molecular weight excluding hydrogens is 329 g/mol. The van der Waals surface area contributed by atoms with Gasteiger partial charge in [0, 0.05) is 18.8 Å². The number of nitrogens with one attached hydrogen (secondary N) is 2. The molecule has 0 bridgehead atoms. The highest BCUT2D eigenvalue weighted by Crippen LogP contribution is 2.16.